The number of benzene rings is 4. The van der Waals surface area contributed by atoms with Gasteiger partial charge in [-0.05, 0) is 48.5 Å². The number of alkyl halides is 6. The van der Waals surface area contributed by atoms with Crippen LogP contribution in [0.15, 0.2) is 121 Å². The summed E-state index contributed by atoms with van der Waals surface area (Å²) in [4.78, 5) is 0. The standard InChI is InChI=1S/C24H20P.2CF3.Au/c1-5-13-21(14-6-1)25(22-15-7-2-8-16-22,23-17-9-3-10-18-23)24-19-11-4-12-20-24;2*2-1(3)4;/h1-20H;;;/q+1;;;-1. The molecule has 0 unspecified atom stereocenters. The van der Waals surface area contributed by atoms with Gasteiger partial charge < -0.3 is 0 Å². The second-order valence-electron chi connectivity index (χ2n) is 6.86. The molecule has 4 aromatic carbocycles. The monoisotopic (exact) mass is 674 g/mol. The molecule has 0 radical (unpaired) electrons. The van der Waals surface area contributed by atoms with Crippen molar-refractivity contribution in [3.05, 3.63) is 121 Å². The number of halogens is 6. The van der Waals surface area contributed by atoms with Crippen LogP contribution in [0.5, 0.6) is 0 Å². The molecule has 0 amide bonds. The molecule has 34 heavy (non-hydrogen) atoms. The van der Waals surface area contributed by atoms with Crippen molar-refractivity contribution in [2.24, 2.45) is 0 Å². The van der Waals surface area contributed by atoms with Gasteiger partial charge in [0.05, 0.1) is 0 Å². The van der Waals surface area contributed by atoms with Crippen molar-refractivity contribution >= 4 is 28.5 Å². The van der Waals surface area contributed by atoms with Crippen LogP contribution in [0.1, 0.15) is 0 Å². The van der Waals surface area contributed by atoms with E-state index in [4.69, 9.17) is 0 Å². The molecule has 0 saturated heterocycles. The molecule has 4 rings (SSSR count). The third kappa shape index (κ3) is 6.83. The molecular formula is C26H20AuF6P. The maximum atomic E-state index is 10.9. The van der Waals surface area contributed by atoms with Crippen molar-refractivity contribution in [1.82, 2.24) is 0 Å². The molecule has 0 fully saturated rings. The van der Waals surface area contributed by atoms with Gasteiger partial charge in [-0.2, -0.15) is 0 Å². The first-order valence-electron chi connectivity index (χ1n) is 9.97. The van der Waals surface area contributed by atoms with Gasteiger partial charge in [0, 0.05) is 0 Å². The van der Waals surface area contributed by atoms with E-state index >= 15 is 0 Å². The average molecular weight is 674 g/mol. The third-order valence-electron chi connectivity index (χ3n) is 4.74. The average Bonchev–Trinajstić information content (AvgIpc) is 2.81. The van der Waals surface area contributed by atoms with E-state index in [1.54, 1.807) is 0 Å². The van der Waals surface area contributed by atoms with E-state index in [-0.39, 0.29) is 0 Å². The van der Waals surface area contributed by atoms with Crippen molar-refractivity contribution in [3.63, 3.8) is 0 Å². The molecule has 4 aromatic rings. The summed E-state index contributed by atoms with van der Waals surface area (Å²) in [7, 11) is -1.91. The topological polar surface area (TPSA) is 0 Å². The molecule has 0 aliphatic rings. The zero-order valence-corrected chi connectivity index (χ0v) is 20.6. The molecule has 8 heteroatoms. The van der Waals surface area contributed by atoms with E-state index < -0.39 is 35.8 Å². The summed E-state index contributed by atoms with van der Waals surface area (Å²) in [5, 5.41) is 5.55. The fourth-order valence-corrected chi connectivity index (χ4v) is 8.56. The van der Waals surface area contributed by atoms with Gasteiger partial charge in [-0.25, -0.2) is 0 Å². The van der Waals surface area contributed by atoms with Gasteiger partial charge in [0.15, 0.2) is 0 Å². The molecular weight excluding hydrogens is 654 g/mol. The van der Waals surface area contributed by atoms with Gasteiger partial charge in [0.1, 0.15) is 28.5 Å². The van der Waals surface area contributed by atoms with Crippen LogP contribution in [-0.2, 0) is 19.8 Å². The minimum atomic E-state index is -5.04. The Balaban J connectivity index is 0.000000309. The van der Waals surface area contributed by atoms with Crippen LogP contribution < -0.4 is 21.2 Å². The van der Waals surface area contributed by atoms with Crippen molar-refractivity contribution < 1.29 is 46.1 Å². The smallest absolute Gasteiger partial charge is 0.0620 e. The first kappa shape index (κ1) is 26.2. The molecule has 0 aliphatic carbocycles. The van der Waals surface area contributed by atoms with Crippen molar-refractivity contribution in [2.45, 2.75) is 8.79 Å². The Morgan fingerprint density at radius 2 is 0.588 bits per heavy atom. The van der Waals surface area contributed by atoms with Gasteiger partial charge in [-0.15, -0.1) is 0 Å². The molecule has 0 atom stereocenters. The first-order chi connectivity index (χ1) is 16.1. The van der Waals surface area contributed by atoms with Crippen LogP contribution in [0.3, 0.4) is 0 Å². The zero-order chi connectivity index (χ0) is 24.7. The molecule has 0 aromatic heterocycles. The molecule has 0 nitrogen and oxygen atoms in total. The van der Waals surface area contributed by atoms with Crippen LogP contribution in [0, 0.1) is 0 Å². The number of rotatable bonds is 4. The van der Waals surface area contributed by atoms with E-state index in [0.717, 1.165) is 0 Å². The largest absolute Gasteiger partial charge is 0.144 e. The molecule has 0 heterocycles. The van der Waals surface area contributed by atoms with Crippen LogP contribution in [-0.4, -0.2) is 8.79 Å². The summed E-state index contributed by atoms with van der Waals surface area (Å²) in [6, 6.07) is 43.8. The summed E-state index contributed by atoms with van der Waals surface area (Å²) in [6.07, 6.45) is 0. The van der Waals surface area contributed by atoms with Crippen LogP contribution in [0.4, 0.5) is 26.3 Å². The zero-order valence-electron chi connectivity index (χ0n) is 17.6. The van der Waals surface area contributed by atoms with Gasteiger partial charge in [-0.3, -0.25) is 0 Å². The van der Waals surface area contributed by atoms with Gasteiger partial charge in [0.25, 0.3) is 0 Å². The summed E-state index contributed by atoms with van der Waals surface area (Å²) in [5.74, 6) is 0. The Hall–Kier alpha value is -2.37. The molecule has 0 aliphatic heterocycles. The third-order valence-corrected chi connectivity index (χ3v) is 10.3. The molecule has 0 spiro atoms. The van der Waals surface area contributed by atoms with E-state index in [0.29, 0.717) is 0 Å². The first-order valence-corrected chi connectivity index (χ1v) is 13.9. The second kappa shape index (κ2) is 11.4. The molecule has 0 N–H and O–H groups in total. The quantitative estimate of drug-likeness (QED) is 0.133. The normalized spacial score (nSPS) is 12.1. The van der Waals surface area contributed by atoms with Crippen LogP contribution in [0.25, 0.3) is 0 Å². The van der Waals surface area contributed by atoms with Crippen LogP contribution >= 0.6 is 7.26 Å². The maximum Gasteiger partial charge on any atom is 0.144 e. The van der Waals surface area contributed by atoms with Crippen molar-refractivity contribution in [3.8, 4) is 0 Å². The van der Waals surface area contributed by atoms with E-state index in [9.17, 15) is 26.3 Å². The molecule has 182 valence electrons. The Labute approximate surface area is 204 Å². The predicted octanol–water partition coefficient (Wildman–Crippen LogP) is 6.41. The summed E-state index contributed by atoms with van der Waals surface area (Å²) >= 11 is -3.55. The van der Waals surface area contributed by atoms with Crippen molar-refractivity contribution in [1.29, 1.82) is 0 Å². The Morgan fingerprint density at radius 3 is 0.735 bits per heavy atom. The fourth-order valence-electron chi connectivity index (χ4n) is 3.60. The van der Waals surface area contributed by atoms with Gasteiger partial charge in [-0.1, -0.05) is 72.8 Å². The Morgan fingerprint density at radius 1 is 0.382 bits per heavy atom. The summed E-state index contributed by atoms with van der Waals surface area (Å²) in [6.45, 7) is 0. The minimum absolute atomic E-state index is 1.39. The fraction of sp³-hybridized carbons (Fsp3) is 0.0769. The SMILES string of the molecule is F[C](F)(F)[Au-][C](F)(F)F.c1ccc([P+](c2ccccc2)(c2ccccc2)c2ccccc2)cc1. The summed E-state index contributed by atoms with van der Waals surface area (Å²) < 4.78 is 55.2. The Bertz CT molecular complexity index is 957. The molecule has 0 saturated carbocycles. The van der Waals surface area contributed by atoms with E-state index in [1.807, 2.05) is 0 Å². The number of hydrogen-bond acceptors (Lipinski definition) is 0. The minimum Gasteiger partial charge on any atom is -0.0620 e. The summed E-state index contributed by atoms with van der Waals surface area (Å²) in [5.41, 5.74) is 0. The maximum absolute atomic E-state index is 10.9. The van der Waals surface area contributed by atoms with Crippen molar-refractivity contribution in [2.75, 3.05) is 0 Å². The molecule has 0 bridgehead atoms. The Kier molecular flexibility index (Phi) is 8.78. The van der Waals surface area contributed by atoms with E-state index in [2.05, 4.69) is 121 Å². The second-order valence-corrected chi connectivity index (χ2v) is 13.3. The number of hydrogen-bond donors (Lipinski definition) is 0. The van der Waals surface area contributed by atoms with Crippen LogP contribution in [0.2, 0.25) is 0 Å². The van der Waals surface area contributed by atoms with E-state index in [1.165, 1.54) is 21.2 Å². The predicted molar refractivity (Wildman–Crippen MR) is 123 cm³/mol. The van der Waals surface area contributed by atoms with Gasteiger partial charge >= 0.3 is 54.9 Å². The van der Waals surface area contributed by atoms with Gasteiger partial charge in [0.2, 0.25) is 0 Å².